The van der Waals surface area contributed by atoms with Crippen LogP contribution in [0.2, 0.25) is 0 Å². The Bertz CT molecular complexity index is 2070. The topological polar surface area (TPSA) is 88.1 Å². The molecule has 0 atom stereocenters. The third kappa shape index (κ3) is 10.4. The zero-order valence-corrected chi connectivity index (χ0v) is 29.1. The van der Waals surface area contributed by atoms with Gasteiger partial charge in [-0.2, -0.15) is 0 Å². The average Bonchev–Trinajstić information content (AvgIpc) is 3.08. The summed E-state index contributed by atoms with van der Waals surface area (Å²) in [6, 6.07) is 22.4. The highest BCUT2D eigenvalue weighted by Crippen LogP contribution is 2.36. The van der Waals surface area contributed by atoms with Gasteiger partial charge < -0.3 is 18.9 Å². The van der Waals surface area contributed by atoms with E-state index in [0.717, 1.165) is 16.7 Å². The lowest BCUT2D eigenvalue weighted by Gasteiger charge is -2.14. The van der Waals surface area contributed by atoms with Gasteiger partial charge in [-0.25, -0.2) is 18.8 Å². The smallest absolute Gasteiger partial charge is 0.338 e. The number of benzene rings is 4. The Labute approximate surface area is 297 Å². The molecule has 0 saturated heterocycles. The second-order valence-corrected chi connectivity index (χ2v) is 12.1. The van der Waals surface area contributed by atoms with Gasteiger partial charge in [0.25, 0.3) is 0 Å². The van der Waals surface area contributed by atoms with Gasteiger partial charge >= 0.3 is 17.9 Å². The highest BCUT2D eigenvalue weighted by Gasteiger charge is 2.17. The van der Waals surface area contributed by atoms with Crippen molar-refractivity contribution in [1.29, 1.82) is 0 Å². The molecule has 0 aliphatic carbocycles. The minimum atomic E-state index is -0.642. The van der Waals surface area contributed by atoms with Gasteiger partial charge in [-0.05, 0) is 97.8 Å². The average molecular weight is 687 g/mol. The fourth-order valence-corrected chi connectivity index (χ4v) is 4.52. The van der Waals surface area contributed by atoms with Gasteiger partial charge in [-0.1, -0.05) is 87.0 Å². The SMILES string of the molecule is C=C(C)COc1cc(-c2ccc(-c3ccc(/C=C/Cc4ccc(OC(=O)C(=C)C)c(OC(=O)C(=C)C)c4)cc3)c(F)c2)ccc1OC(=O)C(=C)C. The second kappa shape index (κ2) is 16.9. The highest BCUT2D eigenvalue weighted by molar-refractivity contribution is 5.91. The molecule has 7 nitrogen and oxygen atoms in total. The summed E-state index contributed by atoms with van der Waals surface area (Å²) in [5, 5.41) is 0. The molecule has 0 fully saturated rings. The summed E-state index contributed by atoms with van der Waals surface area (Å²) in [6.07, 6.45) is 4.34. The molecule has 0 aliphatic heterocycles. The van der Waals surface area contributed by atoms with Crippen LogP contribution in [0.3, 0.4) is 0 Å². The minimum Gasteiger partial charge on any atom is -0.485 e. The maximum absolute atomic E-state index is 15.5. The lowest BCUT2D eigenvalue weighted by atomic mass is 9.98. The molecule has 0 N–H and O–H groups in total. The van der Waals surface area contributed by atoms with E-state index in [0.29, 0.717) is 34.4 Å². The van der Waals surface area contributed by atoms with Gasteiger partial charge in [0.15, 0.2) is 23.0 Å². The van der Waals surface area contributed by atoms with Crippen molar-refractivity contribution < 1.29 is 37.7 Å². The van der Waals surface area contributed by atoms with Crippen molar-refractivity contribution in [3.05, 3.63) is 150 Å². The fourth-order valence-electron chi connectivity index (χ4n) is 4.52. The molecule has 260 valence electrons. The van der Waals surface area contributed by atoms with E-state index in [9.17, 15) is 14.4 Å². The van der Waals surface area contributed by atoms with Crippen molar-refractivity contribution in [2.24, 2.45) is 0 Å². The first-order chi connectivity index (χ1) is 24.2. The summed E-state index contributed by atoms with van der Waals surface area (Å²) in [7, 11) is 0. The van der Waals surface area contributed by atoms with E-state index in [1.165, 1.54) is 19.9 Å². The second-order valence-electron chi connectivity index (χ2n) is 12.1. The molecule has 0 spiro atoms. The van der Waals surface area contributed by atoms with E-state index in [2.05, 4.69) is 26.3 Å². The first-order valence-corrected chi connectivity index (χ1v) is 16.0. The van der Waals surface area contributed by atoms with Gasteiger partial charge in [0.2, 0.25) is 0 Å². The van der Waals surface area contributed by atoms with Crippen molar-refractivity contribution >= 4 is 24.0 Å². The minimum absolute atomic E-state index is 0.0954. The summed E-state index contributed by atoms with van der Waals surface area (Å²) in [4.78, 5) is 36.4. The van der Waals surface area contributed by atoms with Crippen LogP contribution in [0.1, 0.15) is 38.8 Å². The van der Waals surface area contributed by atoms with Crippen LogP contribution in [0.25, 0.3) is 28.3 Å². The van der Waals surface area contributed by atoms with Crippen LogP contribution in [0.15, 0.2) is 134 Å². The number of carbonyl (C=O) groups is 3. The number of hydrogen-bond donors (Lipinski definition) is 0. The van der Waals surface area contributed by atoms with Gasteiger partial charge in [-0.3, -0.25) is 0 Å². The number of hydrogen-bond acceptors (Lipinski definition) is 7. The first-order valence-electron chi connectivity index (χ1n) is 16.0. The molecule has 0 heterocycles. The molecule has 0 radical (unpaired) electrons. The van der Waals surface area contributed by atoms with Gasteiger partial charge in [-0.15, -0.1) is 0 Å². The van der Waals surface area contributed by atoms with Crippen molar-refractivity contribution in [1.82, 2.24) is 0 Å². The third-order valence-electron chi connectivity index (χ3n) is 7.27. The number of halogens is 1. The molecule has 4 aromatic carbocycles. The van der Waals surface area contributed by atoms with Gasteiger partial charge in [0.05, 0.1) is 0 Å². The maximum atomic E-state index is 15.5. The van der Waals surface area contributed by atoms with Crippen molar-refractivity contribution in [3.8, 4) is 45.3 Å². The molecule has 8 heteroatoms. The van der Waals surface area contributed by atoms with Crippen LogP contribution >= 0.6 is 0 Å². The maximum Gasteiger partial charge on any atom is 0.338 e. The first kappa shape index (κ1) is 37.5. The van der Waals surface area contributed by atoms with Gasteiger partial charge in [0.1, 0.15) is 12.4 Å². The van der Waals surface area contributed by atoms with Gasteiger partial charge in [0, 0.05) is 22.3 Å². The lowest BCUT2D eigenvalue weighted by molar-refractivity contribution is -0.132. The summed E-state index contributed by atoms with van der Waals surface area (Å²) in [6.45, 7) is 21.3. The van der Waals surface area contributed by atoms with Crippen LogP contribution in [0, 0.1) is 5.82 Å². The molecule has 0 bridgehead atoms. The molecule has 0 saturated carbocycles. The van der Waals surface area contributed by atoms with E-state index < -0.39 is 23.7 Å². The summed E-state index contributed by atoms with van der Waals surface area (Å²) in [5.41, 5.74) is 5.57. The van der Waals surface area contributed by atoms with E-state index in [1.54, 1.807) is 49.4 Å². The van der Waals surface area contributed by atoms with Crippen LogP contribution in [0.4, 0.5) is 4.39 Å². The zero-order chi connectivity index (χ0) is 37.2. The highest BCUT2D eigenvalue weighted by atomic mass is 19.1. The van der Waals surface area contributed by atoms with Crippen molar-refractivity contribution in [3.63, 3.8) is 0 Å². The normalized spacial score (nSPS) is 10.7. The Morgan fingerprint density at radius 1 is 0.608 bits per heavy atom. The lowest BCUT2D eigenvalue weighted by Crippen LogP contribution is -2.13. The summed E-state index contributed by atoms with van der Waals surface area (Å²) < 4.78 is 37.5. The Morgan fingerprint density at radius 3 is 1.69 bits per heavy atom. The van der Waals surface area contributed by atoms with Crippen LogP contribution in [-0.4, -0.2) is 24.5 Å². The molecule has 51 heavy (non-hydrogen) atoms. The Kier molecular flexibility index (Phi) is 12.4. The van der Waals surface area contributed by atoms with E-state index in [-0.39, 0.29) is 40.6 Å². The molecule has 4 aromatic rings. The number of esters is 3. The van der Waals surface area contributed by atoms with Crippen LogP contribution in [0.5, 0.6) is 23.0 Å². The molecule has 0 aromatic heterocycles. The molecule has 4 rings (SSSR count). The molecule has 0 unspecified atom stereocenters. The number of rotatable bonds is 14. The van der Waals surface area contributed by atoms with Crippen molar-refractivity contribution in [2.45, 2.75) is 34.1 Å². The van der Waals surface area contributed by atoms with Crippen LogP contribution in [-0.2, 0) is 20.8 Å². The van der Waals surface area contributed by atoms with E-state index in [1.807, 2.05) is 49.4 Å². The quantitative estimate of drug-likeness (QED) is 0.0565. The van der Waals surface area contributed by atoms with E-state index >= 15 is 4.39 Å². The molecular formula is C43H39FO7. The zero-order valence-electron chi connectivity index (χ0n) is 29.1. The molecular weight excluding hydrogens is 647 g/mol. The number of allylic oxidation sites excluding steroid dienone is 1. The largest absolute Gasteiger partial charge is 0.485 e. The number of carbonyl (C=O) groups excluding carboxylic acids is 3. The third-order valence-corrected chi connectivity index (χ3v) is 7.27. The Morgan fingerprint density at radius 2 is 1.12 bits per heavy atom. The van der Waals surface area contributed by atoms with E-state index in [4.69, 9.17) is 18.9 Å². The predicted octanol–water partition coefficient (Wildman–Crippen LogP) is 9.81. The summed E-state index contributed by atoms with van der Waals surface area (Å²) >= 11 is 0. The monoisotopic (exact) mass is 686 g/mol. The Balaban J connectivity index is 1.49. The van der Waals surface area contributed by atoms with Crippen molar-refractivity contribution in [2.75, 3.05) is 6.61 Å². The fraction of sp³-hybridized carbons (Fsp3) is 0.140. The predicted molar refractivity (Wildman–Crippen MR) is 198 cm³/mol. The van der Waals surface area contributed by atoms with Crippen LogP contribution < -0.4 is 18.9 Å². The summed E-state index contributed by atoms with van der Waals surface area (Å²) in [5.74, 6) is -1.51. The standard InChI is InChI=1S/C43H39FO7/c1-26(2)25-48-39-24-34(18-21-37(39)49-41(45)27(3)4)33-17-19-35(36(44)23-33)32-15-12-30(13-16-32)10-9-11-31-14-20-38(50-42(46)28(5)6)40(22-31)51-43(47)29(7)8/h9-10,12-24H,1,3,5,7,11,25H2,2,4,6,8H3/b10-9+. The molecule has 0 aliphatic rings. The Hall–Kier alpha value is -6.28. The number of ether oxygens (including phenoxy) is 4. The molecule has 0 amide bonds.